The Morgan fingerprint density at radius 3 is 1.31 bits per heavy atom. The number of ether oxygens (including phenoxy) is 2. The minimum atomic E-state index is -1.22. The molecule has 0 aromatic heterocycles. The summed E-state index contributed by atoms with van der Waals surface area (Å²) in [5, 5.41) is 79.5. The summed E-state index contributed by atoms with van der Waals surface area (Å²) in [6.45, 7) is 4.42. The topological polar surface area (TPSA) is 187 Å². The monoisotopic (exact) mass is 730 g/mol. The molecule has 2 heterocycles. The van der Waals surface area contributed by atoms with Gasteiger partial charge in [0.05, 0.1) is 50.7 Å². The van der Waals surface area contributed by atoms with Crippen molar-refractivity contribution in [3.05, 3.63) is 0 Å². The number of aliphatic hydroxyl groups excluding tert-OH is 8. The summed E-state index contributed by atoms with van der Waals surface area (Å²) >= 11 is 0. The molecule has 8 N–H and O–H groups in total. The van der Waals surface area contributed by atoms with E-state index < -0.39 is 48.7 Å². The number of hydrogen-bond donors (Lipinski definition) is 8. The zero-order valence-electron chi connectivity index (χ0n) is 28.4. The van der Waals surface area contributed by atoms with Crippen LogP contribution >= 0.6 is 24.8 Å². The second kappa shape index (κ2) is 19.3. The SMILES string of the molecule is Cl.Cl.OC[C@@H]1[C@@H](O)[C@H](O)[C@@H](O)CN1CCCCCOCC12CC3CC(C1)CC(COCCCCCN1C[C@H](O)[C@@H](O)[C@H](O)[C@H]1CO)(C3)C2. The van der Waals surface area contributed by atoms with Crippen molar-refractivity contribution in [1.29, 1.82) is 0 Å². The van der Waals surface area contributed by atoms with Gasteiger partial charge in [0.1, 0.15) is 24.4 Å². The highest BCUT2D eigenvalue weighted by atomic mass is 35.5. The summed E-state index contributed by atoms with van der Waals surface area (Å²) in [7, 11) is 0. The van der Waals surface area contributed by atoms with Crippen LogP contribution in [0, 0.1) is 22.7 Å². The van der Waals surface area contributed by atoms with Gasteiger partial charge in [0, 0.05) is 26.3 Å². The first kappa shape index (κ1) is 42.5. The van der Waals surface area contributed by atoms with Crippen LogP contribution in [0.4, 0.5) is 0 Å². The summed E-state index contributed by atoms with van der Waals surface area (Å²) in [5.41, 5.74) is 0.534. The molecule has 6 aliphatic rings. The molecule has 2 aliphatic heterocycles. The molecule has 0 radical (unpaired) electrons. The van der Waals surface area contributed by atoms with E-state index >= 15 is 0 Å². The van der Waals surface area contributed by atoms with Gasteiger partial charge in [-0.2, -0.15) is 0 Å². The predicted octanol–water partition coefficient (Wildman–Crippen LogP) is 0.309. The van der Waals surface area contributed by atoms with E-state index in [1.807, 2.05) is 9.80 Å². The summed E-state index contributed by atoms with van der Waals surface area (Å²) in [6.07, 6.45) is 6.46. The highest BCUT2D eigenvalue weighted by Gasteiger charge is 2.57. The molecule has 6 rings (SSSR count). The highest BCUT2D eigenvalue weighted by Crippen LogP contribution is 2.65. The maximum Gasteiger partial charge on any atom is 0.109 e. The maximum atomic E-state index is 10.2. The summed E-state index contributed by atoms with van der Waals surface area (Å²) in [6, 6.07) is -1.09. The molecule has 2 saturated heterocycles. The first-order valence-corrected chi connectivity index (χ1v) is 18.0. The van der Waals surface area contributed by atoms with Gasteiger partial charge in [-0.25, -0.2) is 0 Å². The Morgan fingerprint density at radius 2 is 0.938 bits per heavy atom. The van der Waals surface area contributed by atoms with E-state index in [0.717, 1.165) is 76.8 Å². The quantitative estimate of drug-likeness (QED) is 0.0904. The van der Waals surface area contributed by atoms with Crippen molar-refractivity contribution in [2.45, 2.75) is 126 Å². The predicted molar refractivity (Wildman–Crippen MR) is 184 cm³/mol. The molecule has 0 aromatic carbocycles. The molecule has 0 amide bonds. The minimum Gasteiger partial charge on any atom is -0.395 e. The van der Waals surface area contributed by atoms with Crippen molar-refractivity contribution in [3.8, 4) is 0 Å². The van der Waals surface area contributed by atoms with Gasteiger partial charge in [-0.3, -0.25) is 9.80 Å². The Balaban J connectivity index is 0.00000312. The lowest BCUT2D eigenvalue weighted by atomic mass is 9.44. The molecule has 12 nitrogen and oxygen atoms in total. The minimum absolute atomic E-state index is 0. The Kier molecular flexibility index (Phi) is 17.1. The van der Waals surface area contributed by atoms with Crippen LogP contribution in [0.15, 0.2) is 0 Å². The first-order chi connectivity index (χ1) is 22.1. The molecule has 4 saturated carbocycles. The molecular formula is C34H64Cl2N2O10. The van der Waals surface area contributed by atoms with Gasteiger partial charge in [-0.1, -0.05) is 0 Å². The molecule has 0 unspecified atom stereocenters. The van der Waals surface area contributed by atoms with Crippen LogP contribution in [0.25, 0.3) is 0 Å². The van der Waals surface area contributed by atoms with Crippen LogP contribution in [0.1, 0.15) is 77.0 Å². The Labute approximate surface area is 298 Å². The smallest absolute Gasteiger partial charge is 0.109 e. The van der Waals surface area contributed by atoms with Crippen molar-refractivity contribution in [2.75, 3.05) is 65.8 Å². The number of rotatable bonds is 18. The fraction of sp³-hybridized carbons (Fsp3) is 1.00. The molecule has 4 aliphatic carbocycles. The third kappa shape index (κ3) is 10.2. The number of halogens is 2. The summed E-state index contributed by atoms with van der Waals surface area (Å²) in [4.78, 5) is 3.77. The van der Waals surface area contributed by atoms with Crippen molar-refractivity contribution >= 4 is 24.8 Å². The zero-order chi connectivity index (χ0) is 32.9. The van der Waals surface area contributed by atoms with Gasteiger partial charge < -0.3 is 50.3 Å². The fourth-order valence-electron chi connectivity index (χ4n) is 10.2. The largest absolute Gasteiger partial charge is 0.395 e. The van der Waals surface area contributed by atoms with Crippen LogP contribution in [-0.4, -0.2) is 165 Å². The van der Waals surface area contributed by atoms with E-state index in [1.54, 1.807) is 0 Å². The van der Waals surface area contributed by atoms with Crippen LogP contribution < -0.4 is 0 Å². The molecule has 8 atom stereocenters. The third-order valence-electron chi connectivity index (χ3n) is 12.0. The second-order valence-electron chi connectivity index (χ2n) is 15.8. The first-order valence-electron chi connectivity index (χ1n) is 18.0. The second-order valence-corrected chi connectivity index (χ2v) is 15.8. The normalized spacial score (nSPS) is 41.2. The number of hydrogen-bond acceptors (Lipinski definition) is 12. The lowest BCUT2D eigenvalue weighted by Crippen LogP contribution is -2.62. The number of piperidine rings is 2. The van der Waals surface area contributed by atoms with Gasteiger partial charge in [0.25, 0.3) is 0 Å². The van der Waals surface area contributed by atoms with Gasteiger partial charge in [-0.15, -0.1) is 24.8 Å². The Bertz CT molecular complexity index is 860. The van der Waals surface area contributed by atoms with E-state index in [9.17, 15) is 40.9 Å². The van der Waals surface area contributed by atoms with Crippen LogP contribution in [-0.2, 0) is 9.47 Å². The van der Waals surface area contributed by atoms with Crippen LogP contribution in [0.3, 0.4) is 0 Å². The van der Waals surface area contributed by atoms with Crippen molar-refractivity contribution in [2.24, 2.45) is 22.7 Å². The average molecular weight is 732 g/mol. The molecule has 0 spiro atoms. The van der Waals surface area contributed by atoms with Crippen molar-refractivity contribution < 1.29 is 50.3 Å². The average Bonchev–Trinajstić information content (AvgIpc) is 3.01. The van der Waals surface area contributed by atoms with E-state index in [1.165, 1.54) is 38.5 Å². The summed E-state index contributed by atoms with van der Waals surface area (Å²) < 4.78 is 12.7. The molecule has 6 fully saturated rings. The van der Waals surface area contributed by atoms with Crippen molar-refractivity contribution in [3.63, 3.8) is 0 Å². The van der Waals surface area contributed by atoms with E-state index in [2.05, 4.69) is 0 Å². The molecule has 4 bridgehead atoms. The highest BCUT2D eigenvalue weighted by molar-refractivity contribution is 5.85. The van der Waals surface area contributed by atoms with Gasteiger partial charge >= 0.3 is 0 Å². The number of likely N-dealkylation sites (tertiary alicyclic amines) is 2. The van der Waals surface area contributed by atoms with Crippen LogP contribution in [0.5, 0.6) is 0 Å². The molecular weight excluding hydrogens is 667 g/mol. The zero-order valence-corrected chi connectivity index (χ0v) is 30.1. The molecule has 0 aromatic rings. The van der Waals surface area contributed by atoms with E-state index in [4.69, 9.17) is 9.47 Å². The molecule has 48 heavy (non-hydrogen) atoms. The number of nitrogens with zero attached hydrogens (tertiary/aromatic N) is 2. The lowest BCUT2D eigenvalue weighted by molar-refractivity contribution is -0.161. The van der Waals surface area contributed by atoms with Gasteiger partial charge in [-0.05, 0) is 113 Å². The number of β-amino-alcohol motifs (C(OH)–C–C–N with tert-alkyl or cyclic N) is 2. The Hall–Kier alpha value is 0.100. The maximum absolute atomic E-state index is 10.2. The van der Waals surface area contributed by atoms with Crippen molar-refractivity contribution in [1.82, 2.24) is 9.80 Å². The van der Waals surface area contributed by atoms with Gasteiger partial charge in [0.15, 0.2) is 0 Å². The van der Waals surface area contributed by atoms with E-state index in [0.29, 0.717) is 13.1 Å². The van der Waals surface area contributed by atoms with Crippen LogP contribution in [0.2, 0.25) is 0 Å². The Morgan fingerprint density at radius 1 is 0.542 bits per heavy atom. The standard InChI is InChI=1S/C34H62N2O10.2ClH/c37-18-25-29(41)31(43)27(39)16-35(25)7-3-1-5-9-45-21-33-12-23-11-24(13-33)15-34(14-23,20-33)22-46-10-6-2-4-8-36-17-28(40)32(44)30(42)26(36)19-38;;/h23-32,37-44H,1-22H2;2*1H/t23?,24?,25-,26-,27+,28+,29-,30-,31-,32-,33?,34?;;/m1../s1. The molecule has 14 heteroatoms. The fourth-order valence-corrected chi connectivity index (χ4v) is 10.2. The van der Waals surface area contributed by atoms with E-state index in [-0.39, 0.29) is 61.9 Å². The number of aliphatic hydroxyl groups is 8. The number of unbranched alkanes of at least 4 members (excludes halogenated alkanes) is 4. The molecule has 284 valence electrons. The lowest BCUT2D eigenvalue weighted by Gasteiger charge is -2.62. The van der Waals surface area contributed by atoms with Gasteiger partial charge in [0.2, 0.25) is 0 Å². The summed E-state index contributed by atoms with van der Waals surface area (Å²) in [5.74, 6) is 1.55. The third-order valence-corrected chi connectivity index (χ3v) is 12.0.